The molecule has 0 fully saturated rings. The number of nitrogens with two attached hydrogens (primary N) is 2. The third-order valence-electron chi connectivity index (χ3n) is 2.63. The van der Waals surface area contributed by atoms with Crippen LogP contribution in [0.25, 0.3) is 5.69 Å². The summed E-state index contributed by atoms with van der Waals surface area (Å²) in [6.45, 7) is 1.89. The Morgan fingerprint density at radius 3 is 2.72 bits per heavy atom. The fourth-order valence-electron chi connectivity index (χ4n) is 1.80. The normalized spacial score (nSPS) is 10.6. The molecule has 6 heteroatoms. The van der Waals surface area contributed by atoms with Crippen molar-refractivity contribution in [1.29, 1.82) is 0 Å². The molecule has 2 rings (SSSR count). The number of nitrogen functional groups attached to an aromatic ring is 1. The summed E-state index contributed by atoms with van der Waals surface area (Å²) in [7, 11) is 0. The summed E-state index contributed by atoms with van der Waals surface area (Å²) in [4.78, 5) is 11.4. The Morgan fingerprint density at radius 2 is 2.22 bits per heavy atom. The summed E-state index contributed by atoms with van der Waals surface area (Å²) in [6, 6.07) is 7.06. The summed E-state index contributed by atoms with van der Waals surface area (Å²) in [5.41, 5.74) is 12.8. The molecule has 0 unspecified atom stereocenters. The molecular formula is C12H13ClN4O. The number of rotatable bonds is 3. The Labute approximate surface area is 109 Å². The van der Waals surface area contributed by atoms with E-state index in [2.05, 4.69) is 5.10 Å². The maximum Gasteiger partial charge on any atom is 0.254 e. The van der Waals surface area contributed by atoms with E-state index in [4.69, 9.17) is 23.1 Å². The Balaban J connectivity index is 2.63. The molecule has 94 valence electrons. The maximum absolute atomic E-state index is 11.4. The second-order valence-corrected chi connectivity index (χ2v) is 4.25. The SMILES string of the molecule is CCc1nn(-c2cccc(Cl)c2)c(N)c1C(N)=O. The first-order valence-corrected chi connectivity index (χ1v) is 5.85. The van der Waals surface area contributed by atoms with Crippen LogP contribution in [-0.4, -0.2) is 15.7 Å². The summed E-state index contributed by atoms with van der Waals surface area (Å²) >= 11 is 5.92. The number of halogens is 1. The maximum atomic E-state index is 11.4. The highest BCUT2D eigenvalue weighted by molar-refractivity contribution is 6.30. The number of carbonyl (C=O) groups is 1. The van der Waals surface area contributed by atoms with Crippen LogP contribution in [0.2, 0.25) is 5.02 Å². The number of amides is 1. The third kappa shape index (κ3) is 2.04. The highest BCUT2D eigenvalue weighted by atomic mass is 35.5. The van der Waals surface area contributed by atoms with E-state index < -0.39 is 5.91 Å². The molecule has 4 N–H and O–H groups in total. The number of carbonyl (C=O) groups excluding carboxylic acids is 1. The molecule has 18 heavy (non-hydrogen) atoms. The van der Waals surface area contributed by atoms with Crippen molar-refractivity contribution in [2.75, 3.05) is 5.73 Å². The molecule has 0 atom stereocenters. The minimum Gasteiger partial charge on any atom is -0.383 e. The van der Waals surface area contributed by atoms with Gasteiger partial charge in [0.15, 0.2) is 0 Å². The summed E-state index contributed by atoms with van der Waals surface area (Å²) < 4.78 is 1.48. The molecule has 1 aromatic carbocycles. The lowest BCUT2D eigenvalue weighted by Gasteiger charge is -2.04. The Bertz CT molecular complexity index is 606. The summed E-state index contributed by atoms with van der Waals surface area (Å²) in [5, 5.41) is 4.86. The average Bonchev–Trinajstić information content (AvgIpc) is 2.66. The van der Waals surface area contributed by atoms with Crippen LogP contribution in [0.5, 0.6) is 0 Å². The molecule has 0 aliphatic rings. The van der Waals surface area contributed by atoms with E-state index in [0.717, 1.165) is 0 Å². The predicted molar refractivity (Wildman–Crippen MR) is 70.9 cm³/mol. The monoisotopic (exact) mass is 264 g/mol. The van der Waals surface area contributed by atoms with Crippen molar-refractivity contribution in [1.82, 2.24) is 9.78 Å². The van der Waals surface area contributed by atoms with E-state index in [1.54, 1.807) is 24.3 Å². The van der Waals surface area contributed by atoms with Crippen molar-refractivity contribution in [3.8, 4) is 5.69 Å². The van der Waals surface area contributed by atoms with Gasteiger partial charge in [0, 0.05) is 5.02 Å². The molecule has 0 aliphatic carbocycles. The molecule has 0 radical (unpaired) electrons. The lowest BCUT2D eigenvalue weighted by Crippen LogP contribution is -2.14. The topological polar surface area (TPSA) is 86.9 Å². The number of aromatic nitrogens is 2. The minimum absolute atomic E-state index is 0.238. The lowest BCUT2D eigenvalue weighted by atomic mass is 10.2. The number of hydrogen-bond acceptors (Lipinski definition) is 3. The van der Waals surface area contributed by atoms with E-state index in [1.165, 1.54) is 4.68 Å². The molecule has 0 bridgehead atoms. The van der Waals surface area contributed by atoms with E-state index in [9.17, 15) is 4.79 Å². The largest absolute Gasteiger partial charge is 0.383 e. The van der Waals surface area contributed by atoms with Gasteiger partial charge < -0.3 is 11.5 Å². The quantitative estimate of drug-likeness (QED) is 0.886. The highest BCUT2D eigenvalue weighted by Crippen LogP contribution is 2.22. The zero-order valence-electron chi connectivity index (χ0n) is 9.85. The summed E-state index contributed by atoms with van der Waals surface area (Å²) in [6.07, 6.45) is 0.579. The summed E-state index contributed by atoms with van der Waals surface area (Å²) in [5.74, 6) is -0.334. The van der Waals surface area contributed by atoms with Crippen LogP contribution in [0.4, 0.5) is 5.82 Å². The first kappa shape index (κ1) is 12.4. The minimum atomic E-state index is -0.572. The fourth-order valence-corrected chi connectivity index (χ4v) is 1.98. The van der Waals surface area contributed by atoms with Crippen LogP contribution in [0.1, 0.15) is 23.0 Å². The van der Waals surface area contributed by atoms with Crippen molar-refractivity contribution in [3.63, 3.8) is 0 Å². The molecular weight excluding hydrogens is 252 g/mol. The van der Waals surface area contributed by atoms with Gasteiger partial charge in [0.2, 0.25) is 0 Å². The molecule has 2 aromatic rings. The number of nitrogens with zero attached hydrogens (tertiary/aromatic N) is 2. The molecule has 0 aliphatic heterocycles. The first-order valence-electron chi connectivity index (χ1n) is 5.47. The van der Waals surface area contributed by atoms with Crippen molar-refractivity contribution in [2.24, 2.45) is 5.73 Å². The van der Waals surface area contributed by atoms with Crippen LogP contribution in [0, 0.1) is 0 Å². The smallest absolute Gasteiger partial charge is 0.254 e. The van der Waals surface area contributed by atoms with E-state index >= 15 is 0 Å². The zero-order chi connectivity index (χ0) is 13.3. The number of hydrogen-bond donors (Lipinski definition) is 2. The number of primary amides is 1. The molecule has 5 nitrogen and oxygen atoms in total. The predicted octanol–water partition coefficient (Wildman–Crippen LogP) is 1.77. The molecule has 0 spiro atoms. The molecule has 0 saturated heterocycles. The average molecular weight is 265 g/mol. The van der Waals surface area contributed by atoms with Gasteiger partial charge in [0.1, 0.15) is 11.4 Å². The standard InChI is InChI=1S/C12H13ClN4O/c1-2-9-10(12(15)18)11(14)17(16-9)8-5-3-4-7(13)6-8/h3-6H,2,14H2,1H3,(H2,15,18). The zero-order valence-corrected chi connectivity index (χ0v) is 10.6. The van der Waals surface area contributed by atoms with Gasteiger partial charge in [-0.05, 0) is 24.6 Å². The van der Waals surface area contributed by atoms with Crippen LogP contribution < -0.4 is 11.5 Å². The van der Waals surface area contributed by atoms with E-state index in [0.29, 0.717) is 22.8 Å². The molecule has 1 heterocycles. The first-order chi connectivity index (χ1) is 8.54. The highest BCUT2D eigenvalue weighted by Gasteiger charge is 2.19. The second kappa shape index (κ2) is 4.70. The number of anilines is 1. The van der Waals surface area contributed by atoms with Gasteiger partial charge in [-0.2, -0.15) is 5.10 Å². The second-order valence-electron chi connectivity index (χ2n) is 3.82. The van der Waals surface area contributed by atoms with Crippen molar-refractivity contribution < 1.29 is 4.79 Å². The van der Waals surface area contributed by atoms with Crippen molar-refractivity contribution >= 4 is 23.3 Å². The van der Waals surface area contributed by atoms with Crippen LogP contribution >= 0.6 is 11.6 Å². The van der Waals surface area contributed by atoms with E-state index in [-0.39, 0.29) is 11.4 Å². The molecule has 0 saturated carbocycles. The van der Waals surface area contributed by atoms with Gasteiger partial charge in [-0.25, -0.2) is 4.68 Å². The Morgan fingerprint density at radius 1 is 1.50 bits per heavy atom. The van der Waals surface area contributed by atoms with Gasteiger partial charge in [-0.15, -0.1) is 0 Å². The van der Waals surface area contributed by atoms with Crippen molar-refractivity contribution in [2.45, 2.75) is 13.3 Å². The van der Waals surface area contributed by atoms with Gasteiger partial charge >= 0.3 is 0 Å². The van der Waals surface area contributed by atoms with Gasteiger partial charge in [-0.3, -0.25) is 4.79 Å². The number of benzene rings is 1. The number of aryl methyl sites for hydroxylation is 1. The molecule has 1 aromatic heterocycles. The van der Waals surface area contributed by atoms with Gasteiger partial charge in [0.25, 0.3) is 5.91 Å². The fraction of sp³-hybridized carbons (Fsp3) is 0.167. The molecule has 1 amide bonds. The van der Waals surface area contributed by atoms with Gasteiger partial charge in [0.05, 0.1) is 11.4 Å². The van der Waals surface area contributed by atoms with Gasteiger partial charge in [-0.1, -0.05) is 24.6 Å². The Kier molecular flexibility index (Phi) is 3.25. The van der Waals surface area contributed by atoms with Crippen LogP contribution in [0.3, 0.4) is 0 Å². The Hall–Kier alpha value is -2.01. The van der Waals surface area contributed by atoms with Crippen LogP contribution in [0.15, 0.2) is 24.3 Å². The third-order valence-corrected chi connectivity index (χ3v) is 2.86. The van der Waals surface area contributed by atoms with Crippen LogP contribution in [-0.2, 0) is 6.42 Å². The van der Waals surface area contributed by atoms with Crippen molar-refractivity contribution in [3.05, 3.63) is 40.5 Å². The van der Waals surface area contributed by atoms with E-state index in [1.807, 2.05) is 6.92 Å². The lowest BCUT2D eigenvalue weighted by molar-refractivity contribution is 0.100.